The summed E-state index contributed by atoms with van der Waals surface area (Å²) in [5.74, 6) is -0.00260. The smallest absolute Gasteiger partial charge is 0.337 e. The second kappa shape index (κ2) is 6.20. The lowest BCUT2D eigenvalue weighted by Crippen LogP contribution is -2.40. The monoisotopic (exact) mass is 355 g/mol. The average molecular weight is 355 g/mol. The lowest BCUT2D eigenvalue weighted by atomic mass is 9.97. The molecule has 0 spiro atoms. The van der Waals surface area contributed by atoms with E-state index in [1.807, 2.05) is 6.92 Å². The van der Waals surface area contributed by atoms with Gasteiger partial charge in [-0.1, -0.05) is 0 Å². The topological polar surface area (TPSA) is 56.0 Å². The van der Waals surface area contributed by atoms with Gasteiger partial charge in [-0.25, -0.2) is 4.98 Å². The standard InChI is InChI=1S/C16H20F3N5O/c1-10-7-12(23(3)21-10)15(25)24-6-4-5-11(8-24)14-20-13(9-22(14)2)16(17,18)19/h7,9,11H,4-6,8H2,1-3H3/t11-/m1/s1. The predicted molar refractivity (Wildman–Crippen MR) is 84.0 cm³/mol. The van der Waals surface area contributed by atoms with Crippen LogP contribution in [0.5, 0.6) is 0 Å². The van der Waals surface area contributed by atoms with Crippen molar-refractivity contribution in [2.24, 2.45) is 14.1 Å². The van der Waals surface area contributed by atoms with Crippen molar-refractivity contribution in [2.75, 3.05) is 13.1 Å². The van der Waals surface area contributed by atoms with Gasteiger partial charge in [0.05, 0.1) is 5.69 Å². The van der Waals surface area contributed by atoms with Crippen LogP contribution in [0.3, 0.4) is 0 Å². The van der Waals surface area contributed by atoms with Crippen LogP contribution in [0, 0.1) is 6.92 Å². The Kier molecular flexibility index (Phi) is 4.34. The normalized spacial score (nSPS) is 18.6. The number of aromatic nitrogens is 4. The number of likely N-dealkylation sites (tertiary alicyclic amines) is 1. The molecular formula is C16H20F3N5O. The van der Waals surface area contributed by atoms with Crippen LogP contribution in [0.4, 0.5) is 13.2 Å². The number of amides is 1. The van der Waals surface area contributed by atoms with Gasteiger partial charge < -0.3 is 9.47 Å². The minimum absolute atomic E-state index is 0.155. The number of hydrogen-bond donors (Lipinski definition) is 0. The van der Waals surface area contributed by atoms with Gasteiger partial charge in [-0.2, -0.15) is 18.3 Å². The lowest BCUT2D eigenvalue weighted by molar-refractivity contribution is -0.141. The highest BCUT2D eigenvalue weighted by atomic mass is 19.4. The molecule has 0 aromatic carbocycles. The Hall–Kier alpha value is -2.32. The number of alkyl halides is 3. The van der Waals surface area contributed by atoms with Crippen molar-refractivity contribution < 1.29 is 18.0 Å². The van der Waals surface area contributed by atoms with Gasteiger partial charge in [-0.3, -0.25) is 9.48 Å². The van der Waals surface area contributed by atoms with Crippen molar-refractivity contribution in [1.29, 1.82) is 0 Å². The SMILES string of the molecule is Cc1cc(C(=O)N2CCC[C@@H](c3nc(C(F)(F)F)cn3C)C2)n(C)n1. The maximum absolute atomic E-state index is 12.9. The third kappa shape index (κ3) is 3.40. The van der Waals surface area contributed by atoms with Crippen LogP contribution in [0.1, 0.15) is 46.5 Å². The van der Waals surface area contributed by atoms with E-state index in [0.717, 1.165) is 18.3 Å². The molecule has 1 saturated heterocycles. The number of rotatable bonds is 2. The second-order valence-electron chi connectivity index (χ2n) is 6.48. The van der Waals surface area contributed by atoms with Gasteiger partial charge in [0.25, 0.3) is 5.91 Å². The molecule has 1 amide bonds. The summed E-state index contributed by atoms with van der Waals surface area (Å²) in [4.78, 5) is 18.2. The minimum Gasteiger partial charge on any atom is -0.337 e. The van der Waals surface area contributed by atoms with Crippen LogP contribution in [-0.2, 0) is 20.3 Å². The van der Waals surface area contributed by atoms with Crippen molar-refractivity contribution >= 4 is 5.91 Å². The van der Waals surface area contributed by atoms with Gasteiger partial charge in [-0.15, -0.1) is 0 Å². The van der Waals surface area contributed by atoms with Crippen molar-refractivity contribution in [1.82, 2.24) is 24.2 Å². The number of carbonyl (C=O) groups is 1. The van der Waals surface area contributed by atoms with Crippen molar-refractivity contribution in [2.45, 2.75) is 31.9 Å². The summed E-state index contributed by atoms with van der Waals surface area (Å²) in [5, 5.41) is 4.18. The van der Waals surface area contributed by atoms with Crippen LogP contribution in [0.2, 0.25) is 0 Å². The molecule has 3 heterocycles. The number of carbonyl (C=O) groups excluding carboxylic acids is 1. The minimum atomic E-state index is -4.47. The fourth-order valence-corrected chi connectivity index (χ4v) is 3.34. The van der Waals surface area contributed by atoms with Crippen LogP contribution < -0.4 is 0 Å². The van der Waals surface area contributed by atoms with E-state index in [1.54, 1.807) is 25.1 Å². The molecule has 0 N–H and O–H groups in total. The first-order valence-electron chi connectivity index (χ1n) is 8.07. The maximum atomic E-state index is 12.9. The number of nitrogens with zero attached hydrogens (tertiary/aromatic N) is 5. The van der Waals surface area contributed by atoms with E-state index in [9.17, 15) is 18.0 Å². The zero-order chi connectivity index (χ0) is 18.4. The summed E-state index contributed by atoms with van der Waals surface area (Å²) in [7, 11) is 3.26. The van der Waals surface area contributed by atoms with Crippen molar-refractivity contribution in [3.8, 4) is 0 Å². The Bertz CT molecular complexity index is 792. The molecule has 1 aliphatic rings. The number of halogens is 3. The molecule has 2 aromatic heterocycles. The largest absolute Gasteiger partial charge is 0.434 e. The quantitative estimate of drug-likeness (QED) is 0.832. The molecule has 0 radical (unpaired) electrons. The summed E-state index contributed by atoms with van der Waals surface area (Å²) >= 11 is 0. The van der Waals surface area contributed by atoms with Crippen LogP contribution >= 0.6 is 0 Å². The van der Waals surface area contributed by atoms with Gasteiger partial charge in [0.15, 0.2) is 5.69 Å². The van der Waals surface area contributed by atoms with Crippen molar-refractivity contribution in [3.05, 3.63) is 35.2 Å². The van der Waals surface area contributed by atoms with E-state index < -0.39 is 11.9 Å². The summed E-state index contributed by atoms with van der Waals surface area (Å²) in [5.41, 5.74) is 0.336. The molecule has 1 fully saturated rings. The number of piperidine rings is 1. The number of aryl methyl sites for hydroxylation is 3. The van der Waals surface area contributed by atoms with E-state index in [4.69, 9.17) is 0 Å². The van der Waals surface area contributed by atoms with Gasteiger partial charge in [0.2, 0.25) is 0 Å². The van der Waals surface area contributed by atoms with E-state index in [-0.39, 0.29) is 11.8 Å². The van der Waals surface area contributed by atoms with Gasteiger partial charge in [-0.05, 0) is 25.8 Å². The zero-order valence-corrected chi connectivity index (χ0v) is 14.3. The molecule has 0 unspecified atom stereocenters. The Balaban J connectivity index is 1.81. The molecule has 1 atom stereocenters. The first kappa shape index (κ1) is 17.5. The van der Waals surface area contributed by atoms with E-state index >= 15 is 0 Å². The van der Waals surface area contributed by atoms with Crippen LogP contribution in [0.15, 0.2) is 12.3 Å². The van der Waals surface area contributed by atoms with E-state index in [2.05, 4.69) is 10.1 Å². The van der Waals surface area contributed by atoms with Gasteiger partial charge in [0.1, 0.15) is 11.5 Å². The summed E-state index contributed by atoms with van der Waals surface area (Å²) in [6.07, 6.45) is -2.04. The lowest BCUT2D eigenvalue weighted by Gasteiger charge is -2.32. The maximum Gasteiger partial charge on any atom is 0.434 e. The summed E-state index contributed by atoms with van der Waals surface area (Å²) in [6, 6.07) is 1.72. The Morgan fingerprint density at radius 3 is 2.60 bits per heavy atom. The molecule has 6 nitrogen and oxygen atoms in total. The fraction of sp³-hybridized carbons (Fsp3) is 0.562. The third-order valence-corrected chi connectivity index (χ3v) is 4.50. The molecule has 0 saturated carbocycles. The number of imidazole rings is 1. The van der Waals surface area contributed by atoms with Gasteiger partial charge in [0, 0.05) is 39.3 Å². The van der Waals surface area contributed by atoms with Crippen LogP contribution in [0.25, 0.3) is 0 Å². The Labute approximate surface area is 143 Å². The highest BCUT2D eigenvalue weighted by Gasteiger charge is 2.36. The highest BCUT2D eigenvalue weighted by Crippen LogP contribution is 2.32. The Morgan fingerprint density at radius 2 is 2.04 bits per heavy atom. The average Bonchev–Trinajstić information content (AvgIpc) is 3.09. The van der Waals surface area contributed by atoms with E-state index in [0.29, 0.717) is 31.0 Å². The van der Waals surface area contributed by atoms with Crippen molar-refractivity contribution in [3.63, 3.8) is 0 Å². The molecule has 136 valence electrons. The molecule has 1 aliphatic heterocycles. The molecular weight excluding hydrogens is 335 g/mol. The molecule has 0 aliphatic carbocycles. The Morgan fingerprint density at radius 1 is 1.32 bits per heavy atom. The first-order chi connectivity index (χ1) is 11.7. The number of hydrogen-bond acceptors (Lipinski definition) is 3. The summed E-state index contributed by atoms with van der Waals surface area (Å²) < 4.78 is 41.6. The molecule has 2 aromatic rings. The molecule has 3 rings (SSSR count). The molecule has 0 bridgehead atoms. The second-order valence-corrected chi connectivity index (χ2v) is 6.48. The third-order valence-electron chi connectivity index (χ3n) is 4.50. The van der Waals surface area contributed by atoms with E-state index in [1.165, 1.54) is 9.25 Å². The first-order valence-corrected chi connectivity index (χ1v) is 8.07. The van der Waals surface area contributed by atoms with Crippen LogP contribution in [-0.4, -0.2) is 43.2 Å². The molecule has 25 heavy (non-hydrogen) atoms. The van der Waals surface area contributed by atoms with Gasteiger partial charge >= 0.3 is 6.18 Å². The predicted octanol–water partition coefficient (Wildman–Crippen LogP) is 2.50. The zero-order valence-electron chi connectivity index (χ0n) is 14.3. The molecule has 9 heteroatoms. The highest BCUT2D eigenvalue weighted by molar-refractivity contribution is 5.92. The fourth-order valence-electron chi connectivity index (χ4n) is 3.34. The summed E-state index contributed by atoms with van der Waals surface area (Å²) in [6.45, 7) is 2.74.